The molecular formula is C30H31NO5. The summed E-state index contributed by atoms with van der Waals surface area (Å²) in [6, 6.07) is 17.3. The summed E-state index contributed by atoms with van der Waals surface area (Å²) in [5.41, 5.74) is 5.81. The van der Waals surface area contributed by atoms with Crippen molar-refractivity contribution >= 4 is 28.1 Å². The number of hydrogen-bond donors (Lipinski definition) is 1. The molecule has 4 rings (SSSR count). The molecule has 0 aliphatic carbocycles. The lowest BCUT2D eigenvalue weighted by Gasteiger charge is -2.14. The third kappa shape index (κ3) is 5.08. The number of allylic oxidation sites excluding steroid dienone is 1. The van der Waals surface area contributed by atoms with Gasteiger partial charge in [0.05, 0.1) is 32.3 Å². The van der Waals surface area contributed by atoms with Gasteiger partial charge in [-0.05, 0) is 69.2 Å². The van der Waals surface area contributed by atoms with E-state index in [-0.39, 0.29) is 5.91 Å². The van der Waals surface area contributed by atoms with Gasteiger partial charge in [-0.1, -0.05) is 24.3 Å². The molecular weight excluding hydrogens is 454 g/mol. The van der Waals surface area contributed by atoms with Crippen LogP contribution in [0.15, 0.2) is 71.4 Å². The van der Waals surface area contributed by atoms with E-state index in [0.717, 1.165) is 44.5 Å². The van der Waals surface area contributed by atoms with Gasteiger partial charge in [-0.15, -0.1) is 0 Å². The van der Waals surface area contributed by atoms with Crippen molar-refractivity contribution in [2.45, 2.75) is 27.7 Å². The minimum absolute atomic E-state index is 0.251. The molecule has 4 aromatic rings. The first-order valence-corrected chi connectivity index (χ1v) is 12.0. The van der Waals surface area contributed by atoms with Crippen molar-refractivity contribution < 1.29 is 23.4 Å². The molecule has 0 aliphatic rings. The number of benzene rings is 3. The predicted molar refractivity (Wildman–Crippen MR) is 144 cm³/mol. The van der Waals surface area contributed by atoms with Crippen LogP contribution in [0.3, 0.4) is 0 Å². The van der Waals surface area contributed by atoms with Crippen molar-refractivity contribution in [3.63, 3.8) is 0 Å². The molecule has 0 saturated carbocycles. The molecule has 186 valence electrons. The van der Waals surface area contributed by atoms with E-state index in [4.69, 9.17) is 18.6 Å². The summed E-state index contributed by atoms with van der Waals surface area (Å²) >= 11 is 0. The van der Waals surface area contributed by atoms with Crippen molar-refractivity contribution in [1.82, 2.24) is 0 Å². The largest absolute Gasteiger partial charge is 0.496 e. The molecule has 0 unspecified atom stereocenters. The fourth-order valence-corrected chi connectivity index (χ4v) is 4.29. The Kier molecular flexibility index (Phi) is 7.64. The Morgan fingerprint density at radius 1 is 1.03 bits per heavy atom. The highest BCUT2D eigenvalue weighted by molar-refractivity contribution is 6.06. The number of furan rings is 1. The lowest BCUT2D eigenvalue weighted by molar-refractivity contribution is -0.111. The number of anilines is 1. The first kappa shape index (κ1) is 24.9. The number of amides is 1. The number of carbonyl (C=O) groups is 1. The van der Waals surface area contributed by atoms with Crippen LogP contribution in [0.25, 0.3) is 27.7 Å². The molecule has 6 heteroatoms. The molecule has 6 nitrogen and oxygen atoms in total. The van der Waals surface area contributed by atoms with Crippen LogP contribution >= 0.6 is 0 Å². The van der Waals surface area contributed by atoms with E-state index in [0.29, 0.717) is 30.4 Å². The molecule has 0 spiro atoms. The monoisotopic (exact) mass is 485 g/mol. The minimum atomic E-state index is -0.251. The number of fused-ring (bicyclic) bond motifs is 1. The number of hydrogen-bond acceptors (Lipinski definition) is 5. The Balaban J connectivity index is 1.71. The molecule has 1 amide bonds. The number of aryl methyl sites for hydroxylation is 1. The number of methoxy groups -OCH3 is 1. The summed E-state index contributed by atoms with van der Waals surface area (Å²) in [6.07, 6.45) is 3.33. The molecule has 0 bridgehead atoms. The van der Waals surface area contributed by atoms with Crippen LogP contribution < -0.4 is 19.5 Å². The molecule has 3 aromatic carbocycles. The van der Waals surface area contributed by atoms with Crippen LogP contribution in [0.2, 0.25) is 0 Å². The van der Waals surface area contributed by atoms with Crippen LogP contribution in [0.4, 0.5) is 5.69 Å². The van der Waals surface area contributed by atoms with Crippen molar-refractivity contribution in [2.75, 3.05) is 25.6 Å². The Morgan fingerprint density at radius 2 is 1.75 bits per heavy atom. The summed E-state index contributed by atoms with van der Waals surface area (Å²) in [5, 5.41) is 3.87. The van der Waals surface area contributed by atoms with Gasteiger partial charge >= 0.3 is 0 Å². The van der Waals surface area contributed by atoms with E-state index < -0.39 is 0 Å². The summed E-state index contributed by atoms with van der Waals surface area (Å²) in [5.74, 6) is 1.88. The molecule has 0 radical (unpaired) electrons. The van der Waals surface area contributed by atoms with E-state index in [2.05, 4.69) is 5.32 Å². The summed E-state index contributed by atoms with van der Waals surface area (Å²) in [6.45, 7) is 8.86. The summed E-state index contributed by atoms with van der Waals surface area (Å²) in [7, 11) is 1.62. The van der Waals surface area contributed by atoms with Gasteiger partial charge in [-0.3, -0.25) is 4.79 Å². The maximum atomic E-state index is 12.9. The molecule has 1 heterocycles. The minimum Gasteiger partial charge on any atom is -0.496 e. The average Bonchev–Trinajstić information content (AvgIpc) is 3.30. The first-order chi connectivity index (χ1) is 17.5. The number of nitrogens with one attached hydrogen (secondary N) is 1. The Morgan fingerprint density at radius 3 is 2.44 bits per heavy atom. The molecule has 36 heavy (non-hydrogen) atoms. The normalized spacial score (nSPS) is 11.4. The standard InChI is InChI=1S/C30H31NO5/c1-6-34-22-14-12-21(13-15-22)25-18-36-30-20(4)29(33-5)23(17-24(25)30)19(3)16-28(32)31-26-10-8-9-11-27(26)35-7-2/h8-18H,6-7H2,1-5H3,(H,31,32)/b19-16+. The highest BCUT2D eigenvalue weighted by Crippen LogP contribution is 2.41. The lowest BCUT2D eigenvalue weighted by atomic mass is 9.96. The maximum Gasteiger partial charge on any atom is 0.248 e. The predicted octanol–water partition coefficient (Wildman–Crippen LogP) is 7.26. The van der Waals surface area contributed by atoms with Gasteiger partial charge in [0.1, 0.15) is 22.8 Å². The lowest BCUT2D eigenvalue weighted by Crippen LogP contribution is -2.10. The van der Waals surface area contributed by atoms with Crippen molar-refractivity contribution in [1.29, 1.82) is 0 Å². The van der Waals surface area contributed by atoms with E-state index in [9.17, 15) is 4.79 Å². The first-order valence-electron chi connectivity index (χ1n) is 12.0. The third-order valence-electron chi connectivity index (χ3n) is 5.94. The van der Waals surface area contributed by atoms with Gasteiger partial charge in [0.2, 0.25) is 5.91 Å². The zero-order valence-corrected chi connectivity index (χ0v) is 21.3. The van der Waals surface area contributed by atoms with E-state index >= 15 is 0 Å². The van der Waals surface area contributed by atoms with Gasteiger partial charge in [0.15, 0.2) is 0 Å². The zero-order chi connectivity index (χ0) is 25.7. The fraction of sp³-hybridized carbons (Fsp3) is 0.233. The third-order valence-corrected chi connectivity index (χ3v) is 5.94. The Hall–Kier alpha value is -4.19. The van der Waals surface area contributed by atoms with Crippen LogP contribution in [0.5, 0.6) is 17.2 Å². The van der Waals surface area contributed by atoms with Gasteiger partial charge < -0.3 is 23.9 Å². The fourth-order valence-electron chi connectivity index (χ4n) is 4.29. The van der Waals surface area contributed by atoms with Gasteiger partial charge in [-0.25, -0.2) is 0 Å². The molecule has 1 N–H and O–H groups in total. The van der Waals surface area contributed by atoms with Gasteiger partial charge in [0.25, 0.3) is 0 Å². The topological polar surface area (TPSA) is 69.9 Å². The van der Waals surface area contributed by atoms with Crippen LogP contribution in [-0.2, 0) is 4.79 Å². The number of carbonyl (C=O) groups excluding carboxylic acids is 1. The molecule has 0 aliphatic heterocycles. The van der Waals surface area contributed by atoms with Crippen molar-refractivity contribution in [3.05, 3.63) is 78.1 Å². The molecule has 0 fully saturated rings. The quantitative estimate of drug-likeness (QED) is 0.253. The second-order valence-electron chi connectivity index (χ2n) is 8.31. The Bertz CT molecular complexity index is 1400. The van der Waals surface area contributed by atoms with Crippen molar-refractivity contribution in [2.24, 2.45) is 0 Å². The second-order valence-corrected chi connectivity index (χ2v) is 8.31. The average molecular weight is 486 g/mol. The number of ether oxygens (including phenoxy) is 3. The maximum absolute atomic E-state index is 12.9. The van der Waals surface area contributed by atoms with Gasteiger partial charge in [0, 0.05) is 28.2 Å². The van der Waals surface area contributed by atoms with Crippen LogP contribution in [0.1, 0.15) is 31.9 Å². The number of para-hydroxylation sites is 2. The summed E-state index contributed by atoms with van der Waals surface area (Å²) in [4.78, 5) is 12.9. The smallest absolute Gasteiger partial charge is 0.248 e. The van der Waals surface area contributed by atoms with Gasteiger partial charge in [-0.2, -0.15) is 0 Å². The molecule has 0 saturated heterocycles. The van der Waals surface area contributed by atoms with E-state index in [1.54, 1.807) is 19.4 Å². The highest BCUT2D eigenvalue weighted by atomic mass is 16.5. The SMILES string of the molecule is CCOc1ccc(-c2coc3c(C)c(OC)c(/C(C)=C/C(=O)Nc4ccccc4OCC)cc23)cc1. The van der Waals surface area contributed by atoms with E-state index in [1.807, 2.05) is 82.3 Å². The zero-order valence-electron chi connectivity index (χ0n) is 21.3. The number of rotatable bonds is 9. The second kappa shape index (κ2) is 11.0. The summed E-state index contributed by atoms with van der Waals surface area (Å²) < 4.78 is 22.9. The molecule has 1 aromatic heterocycles. The van der Waals surface area contributed by atoms with Crippen LogP contribution in [0, 0.1) is 6.92 Å². The highest BCUT2D eigenvalue weighted by Gasteiger charge is 2.19. The van der Waals surface area contributed by atoms with Crippen LogP contribution in [-0.4, -0.2) is 26.2 Å². The van der Waals surface area contributed by atoms with Crippen molar-refractivity contribution in [3.8, 4) is 28.4 Å². The Labute approximate surface area is 211 Å². The molecule has 0 atom stereocenters. The van der Waals surface area contributed by atoms with E-state index in [1.165, 1.54) is 0 Å².